The van der Waals surface area contributed by atoms with Crippen LogP contribution in [0.1, 0.15) is 62.3 Å². The van der Waals surface area contributed by atoms with Crippen LogP contribution in [0.2, 0.25) is 0 Å². The molecule has 0 heterocycles. The molecule has 1 aromatic carbocycles. The Kier molecular flexibility index (Phi) is 4.67. The summed E-state index contributed by atoms with van der Waals surface area (Å²) in [5.74, 6) is 0.451. The molecular weight excluding hydrogens is 236 g/mol. The van der Waals surface area contributed by atoms with Gasteiger partial charge in [-0.1, -0.05) is 59.7 Å². The third-order valence-corrected chi connectivity index (χ3v) is 3.50. The van der Waals surface area contributed by atoms with Gasteiger partial charge in [0.1, 0.15) is 0 Å². The minimum absolute atomic E-state index is 0.0278. The minimum atomic E-state index is -0.425. The van der Waals surface area contributed by atoms with Crippen LogP contribution in [0.5, 0.6) is 0 Å². The van der Waals surface area contributed by atoms with Crippen molar-refractivity contribution < 1.29 is 9.59 Å². The average molecular weight is 260 g/mol. The molecule has 104 valence electrons. The van der Waals surface area contributed by atoms with E-state index >= 15 is 0 Å². The summed E-state index contributed by atoms with van der Waals surface area (Å²) in [6, 6.07) is 7.10. The first-order chi connectivity index (χ1) is 8.64. The Labute approximate surface area is 116 Å². The minimum Gasteiger partial charge on any atom is -0.294 e. The van der Waals surface area contributed by atoms with E-state index in [1.807, 2.05) is 41.5 Å². The van der Waals surface area contributed by atoms with Crippen molar-refractivity contribution in [1.82, 2.24) is 0 Å². The monoisotopic (exact) mass is 260 g/mol. The molecule has 1 rings (SSSR count). The van der Waals surface area contributed by atoms with E-state index in [1.54, 1.807) is 24.3 Å². The molecule has 2 nitrogen and oxygen atoms in total. The van der Waals surface area contributed by atoms with Gasteiger partial charge in [-0.05, 0) is 12.0 Å². The Morgan fingerprint density at radius 2 is 1.53 bits per heavy atom. The Hall–Kier alpha value is -1.44. The molecule has 0 aliphatic heterocycles. The standard InChI is InChI=1S/C17H24O2/c1-11(2)12(3)15(18)13-8-7-9-14(10-13)16(19)17(4,5)6/h7-12H,1-6H3. The van der Waals surface area contributed by atoms with E-state index in [2.05, 4.69) is 0 Å². The molecule has 19 heavy (non-hydrogen) atoms. The van der Waals surface area contributed by atoms with E-state index in [-0.39, 0.29) is 17.5 Å². The highest BCUT2D eigenvalue weighted by atomic mass is 16.1. The number of carbonyl (C=O) groups is 2. The maximum Gasteiger partial charge on any atom is 0.168 e. The molecule has 0 saturated heterocycles. The highest BCUT2D eigenvalue weighted by Crippen LogP contribution is 2.23. The smallest absolute Gasteiger partial charge is 0.168 e. The lowest BCUT2D eigenvalue weighted by Gasteiger charge is -2.18. The Bertz CT molecular complexity index is 478. The summed E-state index contributed by atoms with van der Waals surface area (Å²) in [5, 5.41) is 0. The summed E-state index contributed by atoms with van der Waals surface area (Å²) < 4.78 is 0. The first-order valence-corrected chi connectivity index (χ1v) is 6.83. The van der Waals surface area contributed by atoms with E-state index in [0.717, 1.165) is 0 Å². The molecule has 0 fully saturated rings. The van der Waals surface area contributed by atoms with Crippen LogP contribution in [0.15, 0.2) is 24.3 Å². The molecule has 1 aromatic rings. The van der Waals surface area contributed by atoms with Crippen molar-refractivity contribution in [2.24, 2.45) is 17.3 Å². The second-order valence-corrected chi connectivity index (χ2v) is 6.56. The molecule has 0 bridgehead atoms. The van der Waals surface area contributed by atoms with Gasteiger partial charge in [0.2, 0.25) is 0 Å². The maximum atomic E-state index is 12.3. The molecule has 0 aliphatic carbocycles. The molecular formula is C17H24O2. The Morgan fingerprint density at radius 3 is 2.00 bits per heavy atom. The highest BCUT2D eigenvalue weighted by Gasteiger charge is 2.24. The van der Waals surface area contributed by atoms with Crippen LogP contribution in [0.3, 0.4) is 0 Å². The number of benzene rings is 1. The SMILES string of the molecule is CC(C)C(C)C(=O)c1cccc(C(=O)C(C)(C)C)c1. The lowest BCUT2D eigenvalue weighted by Crippen LogP contribution is -2.21. The van der Waals surface area contributed by atoms with Crippen molar-refractivity contribution in [1.29, 1.82) is 0 Å². The van der Waals surface area contributed by atoms with Crippen LogP contribution in [-0.2, 0) is 0 Å². The van der Waals surface area contributed by atoms with E-state index in [4.69, 9.17) is 0 Å². The Balaban J connectivity index is 3.08. The second kappa shape index (κ2) is 5.68. The van der Waals surface area contributed by atoms with Crippen LogP contribution >= 0.6 is 0 Å². The van der Waals surface area contributed by atoms with E-state index in [0.29, 0.717) is 17.0 Å². The normalized spacial score (nSPS) is 13.4. The number of hydrogen-bond acceptors (Lipinski definition) is 2. The molecule has 0 radical (unpaired) electrons. The van der Waals surface area contributed by atoms with Crippen molar-refractivity contribution in [3.05, 3.63) is 35.4 Å². The van der Waals surface area contributed by atoms with Crippen LogP contribution in [0.4, 0.5) is 0 Å². The van der Waals surface area contributed by atoms with Gasteiger partial charge in [-0.25, -0.2) is 0 Å². The van der Waals surface area contributed by atoms with Gasteiger partial charge in [0.25, 0.3) is 0 Å². The van der Waals surface area contributed by atoms with Gasteiger partial charge < -0.3 is 0 Å². The quantitative estimate of drug-likeness (QED) is 0.752. The summed E-state index contributed by atoms with van der Waals surface area (Å²) in [6.45, 7) is 11.7. The fraction of sp³-hybridized carbons (Fsp3) is 0.529. The van der Waals surface area contributed by atoms with Crippen LogP contribution in [-0.4, -0.2) is 11.6 Å². The number of ketones is 2. The van der Waals surface area contributed by atoms with Gasteiger partial charge in [-0.2, -0.15) is 0 Å². The third kappa shape index (κ3) is 3.76. The topological polar surface area (TPSA) is 34.1 Å². The zero-order chi connectivity index (χ0) is 14.8. The largest absolute Gasteiger partial charge is 0.294 e. The predicted octanol–water partition coefficient (Wildman–Crippen LogP) is 4.39. The van der Waals surface area contributed by atoms with Gasteiger partial charge in [0.15, 0.2) is 11.6 Å². The predicted molar refractivity (Wildman–Crippen MR) is 78.6 cm³/mol. The first kappa shape index (κ1) is 15.6. The molecule has 0 saturated carbocycles. The molecule has 2 heteroatoms. The number of rotatable bonds is 4. The number of Topliss-reactive ketones (excluding diaryl/α,β-unsaturated/α-hetero) is 2. The van der Waals surface area contributed by atoms with Gasteiger partial charge in [0, 0.05) is 22.5 Å². The van der Waals surface area contributed by atoms with Crippen molar-refractivity contribution in [3.63, 3.8) is 0 Å². The van der Waals surface area contributed by atoms with Gasteiger partial charge >= 0.3 is 0 Å². The summed E-state index contributed by atoms with van der Waals surface area (Å²) >= 11 is 0. The fourth-order valence-electron chi connectivity index (χ4n) is 1.81. The van der Waals surface area contributed by atoms with Crippen molar-refractivity contribution in [2.45, 2.75) is 41.5 Å². The fourth-order valence-corrected chi connectivity index (χ4v) is 1.81. The highest BCUT2D eigenvalue weighted by molar-refractivity contribution is 6.03. The summed E-state index contributed by atoms with van der Waals surface area (Å²) in [5.41, 5.74) is 0.830. The van der Waals surface area contributed by atoms with Gasteiger partial charge in [-0.15, -0.1) is 0 Å². The van der Waals surface area contributed by atoms with Crippen molar-refractivity contribution in [3.8, 4) is 0 Å². The lowest BCUT2D eigenvalue weighted by molar-refractivity contribution is 0.0858. The molecule has 1 atom stereocenters. The molecule has 1 unspecified atom stereocenters. The molecule has 0 N–H and O–H groups in total. The van der Waals surface area contributed by atoms with E-state index < -0.39 is 5.41 Å². The van der Waals surface area contributed by atoms with Gasteiger partial charge in [0.05, 0.1) is 0 Å². The second-order valence-electron chi connectivity index (χ2n) is 6.56. The number of carbonyl (C=O) groups excluding carboxylic acids is 2. The Morgan fingerprint density at radius 1 is 1.00 bits per heavy atom. The summed E-state index contributed by atoms with van der Waals surface area (Å²) in [6.07, 6.45) is 0. The van der Waals surface area contributed by atoms with Crippen molar-refractivity contribution >= 4 is 11.6 Å². The summed E-state index contributed by atoms with van der Waals surface area (Å²) in [7, 11) is 0. The molecule has 0 aliphatic rings. The van der Waals surface area contributed by atoms with Crippen LogP contribution in [0.25, 0.3) is 0 Å². The zero-order valence-corrected chi connectivity index (χ0v) is 12.8. The van der Waals surface area contributed by atoms with Crippen LogP contribution in [0, 0.1) is 17.3 Å². The average Bonchev–Trinajstić information content (AvgIpc) is 2.35. The van der Waals surface area contributed by atoms with E-state index in [1.165, 1.54) is 0 Å². The zero-order valence-electron chi connectivity index (χ0n) is 12.8. The van der Waals surface area contributed by atoms with E-state index in [9.17, 15) is 9.59 Å². The molecule has 0 amide bonds. The first-order valence-electron chi connectivity index (χ1n) is 6.83. The molecule has 0 spiro atoms. The van der Waals surface area contributed by atoms with Gasteiger partial charge in [-0.3, -0.25) is 9.59 Å². The lowest BCUT2D eigenvalue weighted by atomic mass is 9.84. The van der Waals surface area contributed by atoms with Crippen LogP contribution < -0.4 is 0 Å². The molecule has 0 aromatic heterocycles. The third-order valence-electron chi connectivity index (χ3n) is 3.50. The maximum absolute atomic E-state index is 12.3. The number of hydrogen-bond donors (Lipinski definition) is 0. The summed E-state index contributed by atoms with van der Waals surface area (Å²) in [4.78, 5) is 24.5. The van der Waals surface area contributed by atoms with Crippen molar-refractivity contribution in [2.75, 3.05) is 0 Å².